The number of benzene rings is 1. The molecule has 1 N–H and O–H groups in total. The zero-order valence-electron chi connectivity index (χ0n) is 10.7. The molecule has 1 rings (SSSR count). The Balaban J connectivity index is 2.13. The van der Waals surface area contributed by atoms with E-state index in [1.807, 2.05) is 0 Å². The highest BCUT2D eigenvalue weighted by Gasteiger charge is 2.03. The van der Waals surface area contributed by atoms with Crippen molar-refractivity contribution < 1.29 is 5.11 Å². The topological polar surface area (TPSA) is 20.2 Å². The quantitative estimate of drug-likeness (QED) is 0.583. The number of aliphatic hydroxyl groups excluding tert-OH is 1. The van der Waals surface area contributed by atoms with Crippen LogP contribution in [0.4, 0.5) is 0 Å². The van der Waals surface area contributed by atoms with Gasteiger partial charge in [-0.25, -0.2) is 0 Å². The number of aliphatic hydroxyl groups is 1. The van der Waals surface area contributed by atoms with E-state index in [1.54, 1.807) is 0 Å². The lowest BCUT2D eigenvalue weighted by molar-refractivity contribution is 0.305. The van der Waals surface area contributed by atoms with Crippen molar-refractivity contribution in [1.29, 1.82) is 0 Å². The van der Waals surface area contributed by atoms with Gasteiger partial charge in [-0.1, -0.05) is 43.7 Å². The Hall–Kier alpha value is -1.26. The molecule has 0 spiro atoms. The zero-order chi connectivity index (χ0) is 12.3. The molecule has 0 fully saturated rings. The lowest BCUT2D eigenvalue weighted by Crippen LogP contribution is -1.92. The summed E-state index contributed by atoms with van der Waals surface area (Å²) in [5, 5.41) is 8.57. The van der Waals surface area contributed by atoms with Gasteiger partial charge in [-0.15, -0.1) is 11.8 Å². The molecule has 0 aliphatic carbocycles. The van der Waals surface area contributed by atoms with Crippen LogP contribution in [0.5, 0.6) is 0 Å². The van der Waals surface area contributed by atoms with Crippen LogP contribution in [-0.2, 0) is 0 Å². The fraction of sp³-hybridized carbons (Fsp3) is 0.500. The van der Waals surface area contributed by atoms with Gasteiger partial charge < -0.3 is 5.11 Å². The molecule has 92 valence electrons. The third kappa shape index (κ3) is 6.14. The molecule has 1 aromatic carbocycles. The lowest BCUT2D eigenvalue weighted by atomic mass is 9.95. The molecule has 0 aromatic heterocycles. The second-order valence-corrected chi connectivity index (χ2v) is 4.38. The predicted molar refractivity (Wildman–Crippen MR) is 72.8 cm³/mol. The maximum Gasteiger partial charge on any atom is 0.0540 e. The van der Waals surface area contributed by atoms with Gasteiger partial charge in [-0.05, 0) is 24.3 Å². The molecule has 1 nitrogen and oxygen atoms in total. The van der Waals surface area contributed by atoms with Crippen LogP contribution in [0.2, 0.25) is 0 Å². The van der Waals surface area contributed by atoms with Crippen molar-refractivity contribution in [2.24, 2.45) is 0 Å². The normalized spacial score (nSPS) is 11.6. The van der Waals surface area contributed by atoms with Crippen molar-refractivity contribution in [3.8, 4) is 11.8 Å². The van der Waals surface area contributed by atoms with Crippen molar-refractivity contribution in [3.05, 3.63) is 35.9 Å². The van der Waals surface area contributed by atoms with Crippen LogP contribution in [-0.4, -0.2) is 11.7 Å². The Morgan fingerprint density at radius 1 is 1.06 bits per heavy atom. The van der Waals surface area contributed by atoms with Gasteiger partial charge >= 0.3 is 0 Å². The Kier molecular flexibility index (Phi) is 7.18. The van der Waals surface area contributed by atoms with Crippen LogP contribution in [0.3, 0.4) is 0 Å². The van der Waals surface area contributed by atoms with Crippen LogP contribution in [0.15, 0.2) is 30.3 Å². The second-order valence-electron chi connectivity index (χ2n) is 4.38. The van der Waals surface area contributed by atoms with E-state index in [9.17, 15) is 0 Å². The van der Waals surface area contributed by atoms with Crippen LogP contribution in [0.1, 0.15) is 50.5 Å². The molecule has 0 heterocycles. The molecule has 1 unspecified atom stereocenters. The standard InChI is InChI=1S/C16H22O/c1-15(16-12-8-6-9-13-16)11-7-4-2-3-5-10-14-17/h6,8-9,12-13,15,17H,2,4,7,10-11,14H2,1H3. The summed E-state index contributed by atoms with van der Waals surface area (Å²) in [6.45, 7) is 2.46. The van der Waals surface area contributed by atoms with E-state index in [0.717, 1.165) is 12.8 Å². The average Bonchev–Trinajstić information content (AvgIpc) is 2.38. The number of unbranched alkanes of at least 4 members (excludes halogenated alkanes) is 2. The van der Waals surface area contributed by atoms with Gasteiger partial charge in [0.1, 0.15) is 0 Å². The Morgan fingerprint density at radius 2 is 1.76 bits per heavy atom. The summed E-state index contributed by atoms with van der Waals surface area (Å²) >= 11 is 0. The molecular weight excluding hydrogens is 208 g/mol. The van der Waals surface area contributed by atoms with Gasteiger partial charge in [0.25, 0.3) is 0 Å². The second kappa shape index (κ2) is 8.84. The maximum atomic E-state index is 8.57. The molecule has 0 amide bonds. The summed E-state index contributed by atoms with van der Waals surface area (Å²) in [5.41, 5.74) is 1.43. The van der Waals surface area contributed by atoms with Crippen molar-refractivity contribution in [2.45, 2.75) is 44.9 Å². The molecule has 0 saturated carbocycles. The van der Waals surface area contributed by atoms with E-state index >= 15 is 0 Å². The first-order chi connectivity index (χ1) is 8.34. The monoisotopic (exact) mass is 230 g/mol. The Morgan fingerprint density at radius 3 is 2.47 bits per heavy atom. The summed E-state index contributed by atoms with van der Waals surface area (Å²) in [6, 6.07) is 10.7. The van der Waals surface area contributed by atoms with Gasteiger partial charge in [-0.3, -0.25) is 0 Å². The van der Waals surface area contributed by atoms with Gasteiger partial charge in [0, 0.05) is 12.8 Å². The van der Waals surface area contributed by atoms with Gasteiger partial charge in [0.05, 0.1) is 6.61 Å². The molecule has 1 atom stereocenters. The summed E-state index contributed by atoms with van der Waals surface area (Å²) in [7, 11) is 0. The minimum absolute atomic E-state index is 0.179. The van der Waals surface area contributed by atoms with Gasteiger partial charge in [0.2, 0.25) is 0 Å². The van der Waals surface area contributed by atoms with Crippen molar-refractivity contribution >= 4 is 0 Å². The van der Waals surface area contributed by atoms with Crippen LogP contribution in [0, 0.1) is 11.8 Å². The zero-order valence-corrected chi connectivity index (χ0v) is 10.7. The highest BCUT2D eigenvalue weighted by molar-refractivity contribution is 5.18. The van der Waals surface area contributed by atoms with Gasteiger partial charge in [-0.2, -0.15) is 0 Å². The Bertz CT molecular complexity index is 345. The van der Waals surface area contributed by atoms with E-state index < -0.39 is 0 Å². The predicted octanol–water partition coefficient (Wildman–Crippen LogP) is 3.74. The Labute approximate surface area is 105 Å². The molecule has 0 aliphatic rings. The third-order valence-electron chi connectivity index (χ3n) is 2.92. The van der Waals surface area contributed by atoms with E-state index in [4.69, 9.17) is 5.11 Å². The van der Waals surface area contributed by atoms with Crippen LogP contribution in [0.25, 0.3) is 0 Å². The van der Waals surface area contributed by atoms with Crippen LogP contribution < -0.4 is 0 Å². The van der Waals surface area contributed by atoms with Crippen LogP contribution >= 0.6 is 0 Å². The average molecular weight is 230 g/mol. The fourth-order valence-corrected chi connectivity index (χ4v) is 1.84. The first-order valence-corrected chi connectivity index (χ1v) is 6.46. The molecule has 0 radical (unpaired) electrons. The van der Waals surface area contributed by atoms with E-state index in [0.29, 0.717) is 12.3 Å². The first-order valence-electron chi connectivity index (χ1n) is 6.46. The molecule has 0 aliphatic heterocycles. The minimum Gasteiger partial charge on any atom is -0.395 e. The van der Waals surface area contributed by atoms with Crippen molar-refractivity contribution in [3.63, 3.8) is 0 Å². The molecular formula is C16H22O. The summed E-state index contributed by atoms with van der Waals surface area (Å²) in [4.78, 5) is 0. The molecule has 1 heteroatoms. The highest BCUT2D eigenvalue weighted by atomic mass is 16.2. The number of hydrogen-bond donors (Lipinski definition) is 1. The molecule has 0 bridgehead atoms. The molecule has 0 saturated heterocycles. The smallest absolute Gasteiger partial charge is 0.0540 e. The van der Waals surface area contributed by atoms with E-state index in [1.165, 1.54) is 18.4 Å². The molecule has 1 aromatic rings. The van der Waals surface area contributed by atoms with Crippen molar-refractivity contribution in [1.82, 2.24) is 0 Å². The maximum absolute atomic E-state index is 8.57. The van der Waals surface area contributed by atoms with E-state index in [2.05, 4.69) is 49.1 Å². The summed E-state index contributed by atoms with van der Waals surface area (Å²) < 4.78 is 0. The summed E-state index contributed by atoms with van der Waals surface area (Å²) in [5.74, 6) is 6.69. The van der Waals surface area contributed by atoms with E-state index in [-0.39, 0.29) is 6.61 Å². The lowest BCUT2D eigenvalue weighted by Gasteiger charge is -2.10. The third-order valence-corrected chi connectivity index (χ3v) is 2.92. The largest absolute Gasteiger partial charge is 0.395 e. The highest BCUT2D eigenvalue weighted by Crippen LogP contribution is 2.21. The molecule has 17 heavy (non-hydrogen) atoms. The number of hydrogen-bond acceptors (Lipinski definition) is 1. The summed E-state index contributed by atoms with van der Waals surface area (Å²) in [6.07, 6.45) is 5.19. The first kappa shape index (κ1) is 13.8. The van der Waals surface area contributed by atoms with Crippen molar-refractivity contribution in [2.75, 3.05) is 6.61 Å². The SMILES string of the molecule is CC(CCCCC#CCCO)c1ccccc1. The van der Waals surface area contributed by atoms with Gasteiger partial charge in [0.15, 0.2) is 0 Å². The number of rotatable bonds is 6. The fourth-order valence-electron chi connectivity index (χ4n) is 1.84. The minimum atomic E-state index is 0.179.